The molecular weight excluding hydrogens is 302 g/mol. The average molecular weight is 327 g/mol. The van der Waals surface area contributed by atoms with Gasteiger partial charge in [-0.1, -0.05) is 24.3 Å². The van der Waals surface area contributed by atoms with Gasteiger partial charge in [-0.05, 0) is 24.1 Å². The normalized spacial score (nSPS) is 15.2. The van der Waals surface area contributed by atoms with Gasteiger partial charge in [-0.25, -0.2) is 4.98 Å². The van der Waals surface area contributed by atoms with E-state index in [1.807, 2.05) is 6.07 Å². The van der Waals surface area contributed by atoms with Crippen LogP contribution in [-0.2, 0) is 11.3 Å². The molecule has 1 aromatic carbocycles. The summed E-state index contributed by atoms with van der Waals surface area (Å²) in [7, 11) is 0. The van der Waals surface area contributed by atoms with Crippen LogP contribution in [0.4, 0.5) is 11.8 Å². The molecule has 2 heterocycles. The van der Waals surface area contributed by atoms with Gasteiger partial charge in [-0.15, -0.1) is 0 Å². The molecular formula is C18H25N5O. The van der Waals surface area contributed by atoms with Crippen LogP contribution in [0.1, 0.15) is 11.1 Å². The molecule has 0 bridgehead atoms. The van der Waals surface area contributed by atoms with Crippen LogP contribution in [-0.4, -0.2) is 54.3 Å². The number of aryl methyl sites for hydroxylation is 1. The van der Waals surface area contributed by atoms with E-state index in [2.05, 4.69) is 56.7 Å². The van der Waals surface area contributed by atoms with E-state index in [1.54, 1.807) is 6.20 Å². The van der Waals surface area contributed by atoms with Crippen molar-refractivity contribution in [3.05, 3.63) is 47.7 Å². The van der Waals surface area contributed by atoms with Gasteiger partial charge in [0.1, 0.15) is 5.82 Å². The van der Waals surface area contributed by atoms with Crippen molar-refractivity contribution in [2.24, 2.45) is 0 Å². The Hall–Kier alpha value is -2.18. The summed E-state index contributed by atoms with van der Waals surface area (Å²) in [6.07, 6.45) is 1.78. The molecule has 6 heteroatoms. The number of benzene rings is 1. The van der Waals surface area contributed by atoms with Crippen LogP contribution < -0.4 is 10.6 Å². The van der Waals surface area contributed by atoms with Gasteiger partial charge in [0, 0.05) is 38.9 Å². The summed E-state index contributed by atoms with van der Waals surface area (Å²) in [5, 5.41) is 6.66. The average Bonchev–Trinajstić information content (AvgIpc) is 2.62. The summed E-state index contributed by atoms with van der Waals surface area (Å²) in [6.45, 7) is 8.35. The molecule has 0 unspecified atom stereocenters. The predicted molar refractivity (Wildman–Crippen MR) is 96.3 cm³/mol. The van der Waals surface area contributed by atoms with Crippen molar-refractivity contribution in [2.75, 3.05) is 50.0 Å². The van der Waals surface area contributed by atoms with Gasteiger partial charge >= 0.3 is 0 Å². The minimum atomic E-state index is 0.665. The van der Waals surface area contributed by atoms with Gasteiger partial charge in [0.15, 0.2) is 0 Å². The number of rotatable bonds is 7. The topological polar surface area (TPSA) is 62.3 Å². The Kier molecular flexibility index (Phi) is 5.98. The lowest BCUT2D eigenvalue weighted by Gasteiger charge is -2.26. The van der Waals surface area contributed by atoms with Crippen molar-refractivity contribution in [3.63, 3.8) is 0 Å². The molecule has 0 saturated carbocycles. The molecule has 0 amide bonds. The highest BCUT2D eigenvalue weighted by molar-refractivity contribution is 5.41. The smallest absolute Gasteiger partial charge is 0.224 e. The van der Waals surface area contributed by atoms with Crippen LogP contribution in [0.2, 0.25) is 0 Å². The van der Waals surface area contributed by atoms with Gasteiger partial charge in [0.05, 0.1) is 13.2 Å². The zero-order valence-electron chi connectivity index (χ0n) is 14.2. The van der Waals surface area contributed by atoms with Crippen molar-refractivity contribution in [2.45, 2.75) is 13.5 Å². The fourth-order valence-electron chi connectivity index (χ4n) is 2.69. The standard InChI is InChI=1S/C18H25N5O/c1-15-4-2-3-5-16(15)14-21-17-6-7-19-18(22-17)20-8-9-23-10-12-24-13-11-23/h2-7H,8-14H2,1H3,(H2,19,20,21,22). The monoisotopic (exact) mass is 327 g/mol. The van der Waals surface area contributed by atoms with Gasteiger partial charge < -0.3 is 15.4 Å². The lowest BCUT2D eigenvalue weighted by atomic mass is 10.1. The second-order valence-electron chi connectivity index (χ2n) is 5.93. The maximum Gasteiger partial charge on any atom is 0.224 e. The minimum Gasteiger partial charge on any atom is -0.379 e. The molecule has 2 N–H and O–H groups in total. The molecule has 0 radical (unpaired) electrons. The van der Waals surface area contributed by atoms with Crippen molar-refractivity contribution >= 4 is 11.8 Å². The van der Waals surface area contributed by atoms with Crippen molar-refractivity contribution in [1.29, 1.82) is 0 Å². The first-order valence-corrected chi connectivity index (χ1v) is 8.47. The number of morpholine rings is 1. The quantitative estimate of drug-likeness (QED) is 0.812. The third-order valence-electron chi connectivity index (χ3n) is 4.19. The molecule has 0 spiro atoms. The van der Waals surface area contributed by atoms with Crippen LogP contribution in [0.5, 0.6) is 0 Å². The molecule has 0 atom stereocenters. The summed E-state index contributed by atoms with van der Waals surface area (Å²) in [6, 6.07) is 10.3. The molecule has 24 heavy (non-hydrogen) atoms. The molecule has 3 rings (SSSR count). The first-order valence-electron chi connectivity index (χ1n) is 8.47. The van der Waals surface area contributed by atoms with Crippen LogP contribution in [0.15, 0.2) is 36.5 Å². The van der Waals surface area contributed by atoms with Gasteiger partial charge in [0.25, 0.3) is 0 Å². The summed E-state index contributed by atoms with van der Waals surface area (Å²) >= 11 is 0. The highest BCUT2D eigenvalue weighted by atomic mass is 16.5. The third kappa shape index (κ3) is 4.91. The van der Waals surface area contributed by atoms with E-state index >= 15 is 0 Å². The van der Waals surface area contributed by atoms with Gasteiger partial charge in [-0.2, -0.15) is 4.98 Å². The summed E-state index contributed by atoms with van der Waals surface area (Å²) in [4.78, 5) is 11.2. The van der Waals surface area contributed by atoms with Crippen molar-refractivity contribution in [3.8, 4) is 0 Å². The van der Waals surface area contributed by atoms with Gasteiger partial charge in [0.2, 0.25) is 5.95 Å². The largest absolute Gasteiger partial charge is 0.379 e. The Morgan fingerprint density at radius 1 is 1.12 bits per heavy atom. The molecule has 1 aromatic heterocycles. The molecule has 1 aliphatic heterocycles. The van der Waals surface area contributed by atoms with Crippen molar-refractivity contribution < 1.29 is 4.74 Å². The van der Waals surface area contributed by atoms with E-state index in [1.165, 1.54) is 11.1 Å². The molecule has 0 aliphatic carbocycles. The number of ether oxygens (including phenoxy) is 1. The molecule has 1 fully saturated rings. The second kappa shape index (κ2) is 8.61. The number of aromatic nitrogens is 2. The third-order valence-corrected chi connectivity index (χ3v) is 4.19. The van der Waals surface area contributed by atoms with Crippen molar-refractivity contribution in [1.82, 2.24) is 14.9 Å². The summed E-state index contributed by atoms with van der Waals surface area (Å²) in [5.74, 6) is 1.50. The van der Waals surface area contributed by atoms with E-state index < -0.39 is 0 Å². The van der Waals surface area contributed by atoms with Crippen LogP contribution >= 0.6 is 0 Å². The van der Waals surface area contributed by atoms with E-state index in [9.17, 15) is 0 Å². The van der Waals surface area contributed by atoms with Crippen LogP contribution in [0, 0.1) is 6.92 Å². The Morgan fingerprint density at radius 3 is 2.79 bits per heavy atom. The molecule has 6 nitrogen and oxygen atoms in total. The highest BCUT2D eigenvalue weighted by Gasteiger charge is 2.09. The lowest BCUT2D eigenvalue weighted by Crippen LogP contribution is -2.39. The van der Waals surface area contributed by atoms with E-state index in [-0.39, 0.29) is 0 Å². The molecule has 1 aliphatic rings. The number of nitrogens with one attached hydrogen (secondary N) is 2. The predicted octanol–water partition coefficient (Wildman–Crippen LogP) is 2.14. The molecule has 1 saturated heterocycles. The van der Waals surface area contributed by atoms with Crippen LogP contribution in [0.3, 0.4) is 0 Å². The Labute approximate surface area is 143 Å². The van der Waals surface area contributed by atoms with E-state index in [4.69, 9.17) is 4.74 Å². The lowest BCUT2D eigenvalue weighted by molar-refractivity contribution is 0.0398. The fourth-order valence-corrected chi connectivity index (χ4v) is 2.69. The SMILES string of the molecule is Cc1ccccc1CNc1ccnc(NCCN2CCOCC2)n1. The fraction of sp³-hybridized carbons (Fsp3) is 0.444. The number of anilines is 2. The summed E-state index contributed by atoms with van der Waals surface area (Å²) < 4.78 is 5.36. The Bertz CT molecular complexity index is 643. The number of hydrogen-bond donors (Lipinski definition) is 2. The zero-order chi connectivity index (χ0) is 16.6. The maximum absolute atomic E-state index is 5.36. The summed E-state index contributed by atoms with van der Waals surface area (Å²) in [5.41, 5.74) is 2.56. The number of hydrogen-bond acceptors (Lipinski definition) is 6. The van der Waals surface area contributed by atoms with E-state index in [0.29, 0.717) is 5.95 Å². The first kappa shape index (κ1) is 16.7. The highest BCUT2D eigenvalue weighted by Crippen LogP contribution is 2.11. The number of nitrogens with zero attached hydrogens (tertiary/aromatic N) is 3. The first-order chi connectivity index (χ1) is 11.8. The maximum atomic E-state index is 5.36. The Morgan fingerprint density at radius 2 is 1.96 bits per heavy atom. The molecule has 2 aromatic rings. The Balaban J connectivity index is 1.47. The van der Waals surface area contributed by atoms with E-state index in [0.717, 1.165) is 51.8 Å². The zero-order valence-corrected chi connectivity index (χ0v) is 14.2. The van der Waals surface area contributed by atoms with Gasteiger partial charge in [-0.3, -0.25) is 4.90 Å². The molecule has 128 valence electrons. The minimum absolute atomic E-state index is 0.665. The second-order valence-corrected chi connectivity index (χ2v) is 5.93. The van der Waals surface area contributed by atoms with Crippen LogP contribution in [0.25, 0.3) is 0 Å².